The summed E-state index contributed by atoms with van der Waals surface area (Å²) in [6, 6.07) is -0.713. The first-order valence-corrected chi connectivity index (χ1v) is 5.06. The predicted octanol–water partition coefficient (Wildman–Crippen LogP) is -1.45. The second-order valence-corrected chi connectivity index (χ2v) is 3.44. The molecule has 0 aromatic heterocycles. The van der Waals surface area contributed by atoms with Crippen LogP contribution in [0.1, 0.15) is 13.8 Å². The van der Waals surface area contributed by atoms with Crippen LogP contribution in [-0.4, -0.2) is 43.3 Å². The van der Waals surface area contributed by atoms with Gasteiger partial charge in [0.05, 0.1) is 0 Å². The number of hydrogen-bond acceptors (Lipinski definition) is 5. The molecule has 0 rings (SSSR count). The number of aliphatic carboxylic acids is 1. The number of carbonyl (C=O) groups is 1. The third-order valence-corrected chi connectivity index (χ3v) is 1.65. The Labute approximate surface area is 91.2 Å². The first kappa shape index (κ1) is 16.7. The summed E-state index contributed by atoms with van der Waals surface area (Å²) in [6.45, 7) is 6.69. The van der Waals surface area contributed by atoms with Gasteiger partial charge < -0.3 is 27.6 Å². The van der Waals surface area contributed by atoms with Gasteiger partial charge in [0.15, 0.2) is 0 Å². The van der Waals surface area contributed by atoms with Gasteiger partial charge in [0.1, 0.15) is 6.04 Å². The van der Waals surface area contributed by atoms with Crippen molar-refractivity contribution in [1.29, 1.82) is 0 Å². The quantitative estimate of drug-likeness (QED) is 0.348. The maximum atomic E-state index is 10.0. The molecule has 0 aromatic rings. The van der Waals surface area contributed by atoms with Gasteiger partial charge in [-0.15, -0.1) is 0 Å². The molecule has 0 aliphatic carbocycles. The number of rotatable bonds is 6. The number of nitrogens with two attached hydrogens (primary N) is 3. The normalized spacial score (nSPS) is 11.9. The minimum absolute atomic E-state index is 0.0208. The summed E-state index contributed by atoms with van der Waals surface area (Å²) < 4.78 is 0. The zero-order valence-electron chi connectivity index (χ0n) is 9.57. The molecular formula is C9H24N4O2. The Hall–Kier alpha value is -0.690. The average molecular weight is 220 g/mol. The SMILES string of the molecule is CC(C)[C@H](N)C(=O)O.NCCNCCN. The van der Waals surface area contributed by atoms with E-state index < -0.39 is 12.0 Å². The van der Waals surface area contributed by atoms with Crippen LogP contribution in [0.15, 0.2) is 0 Å². The summed E-state index contributed by atoms with van der Waals surface area (Å²) in [5.41, 5.74) is 15.5. The summed E-state index contributed by atoms with van der Waals surface area (Å²) >= 11 is 0. The van der Waals surface area contributed by atoms with E-state index in [2.05, 4.69) is 5.32 Å². The van der Waals surface area contributed by atoms with Crippen LogP contribution in [0.2, 0.25) is 0 Å². The van der Waals surface area contributed by atoms with E-state index in [-0.39, 0.29) is 5.92 Å². The van der Waals surface area contributed by atoms with Crippen molar-refractivity contribution < 1.29 is 9.90 Å². The van der Waals surface area contributed by atoms with Crippen LogP contribution >= 0.6 is 0 Å². The van der Waals surface area contributed by atoms with E-state index in [1.807, 2.05) is 0 Å². The van der Waals surface area contributed by atoms with Gasteiger partial charge in [0, 0.05) is 26.2 Å². The molecule has 0 fully saturated rings. The number of hydrogen-bond donors (Lipinski definition) is 5. The van der Waals surface area contributed by atoms with Gasteiger partial charge in [-0.25, -0.2) is 0 Å². The highest BCUT2D eigenvalue weighted by molar-refractivity contribution is 5.73. The Morgan fingerprint density at radius 1 is 1.27 bits per heavy atom. The van der Waals surface area contributed by atoms with Crippen LogP contribution in [-0.2, 0) is 4.79 Å². The van der Waals surface area contributed by atoms with Gasteiger partial charge in [0.2, 0.25) is 0 Å². The average Bonchev–Trinajstić information content (AvgIpc) is 2.18. The highest BCUT2D eigenvalue weighted by atomic mass is 16.4. The number of carboxylic acids is 1. The van der Waals surface area contributed by atoms with E-state index in [0.717, 1.165) is 13.1 Å². The van der Waals surface area contributed by atoms with E-state index in [1.54, 1.807) is 13.8 Å². The fraction of sp³-hybridized carbons (Fsp3) is 0.889. The Bertz CT molecular complexity index is 149. The van der Waals surface area contributed by atoms with Crippen LogP contribution in [0.25, 0.3) is 0 Å². The second-order valence-electron chi connectivity index (χ2n) is 3.44. The summed E-state index contributed by atoms with van der Waals surface area (Å²) in [7, 11) is 0. The molecule has 0 unspecified atom stereocenters. The summed E-state index contributed by atoms with van der Waals surface area (Å²) in [5, 5.41) is 11.3. The minimum Gasteiger partial charge on any atom is -0.480 e. The van der Waals surface area contributed by atoms with Crippen LogP contribution in [0, 0.1) is 5.92 Å². The second kappa shape index (κ2) is 11.4. The lowest BCUT2D eigenvalue weighted by molar-refractivity contribution is -0.139. The van der Waals surface area contributed by atoms with E-state index in [0.29, 0.717) is 13.1 Å². The van der Waals surface area contributed by atoms with E-state index >= 15 is 0 Å². The molecule has 0 aliphatic heterocycles. The molecule has 8 N–H and O–H groups in total. The largest absolute Gasteiger partial charge is 0.480 e. The first-order chi connectivity index (χ1) is 6.97. The monoisotopic (exact) mass is 220 g/mol. The van der Waals surface area contributed by atoms with Gasteiger partial charge in [-0.1, -0.05) is 13.8 Å². The highest BCUT2D eigenvalue weighted by Crippen LogP contribution is 1.96. The zero-order valence-corrected chi connectivity index (χ0v) is 9.57. The predicted molar refractivity (Wildman–Crippen MR) is 61.4 cm³/mol. The van der Waals surface area contributed by atoms with Crippen molar-refractivity contribution in [1.82, 2.24) is 5.32 Å². The zero-order chi connectivity index (χ0) is 12.3. The van der Waals surface area contributed by atoms with Crippen LogP contribution in [0.3, 0.4) is 0 Å². The molecule has 0 saturated carbocycles. The van der Waals surface area contributed by atoms with Crippen molar-refractivity contribution in [2.24, 2.45) is 23.1 Å². The Morgan fingerprint density at radius 2 is 1.67 bits per heavy atom. The maximum Gasteiger partial charge on any atom is 0.320 e. The molecule has 0 saturated heterocycles. The van der Waals surface area contributed by atoms with Crippen LogP contribution in [0.4, 0.5) is 0 Å². The standard InChI is InChI=1S/C5H11NO2.C4H13N3/c1-3(2)4(6)5(7)8;5-1-3-7-4-2-6/h3-4H,6H2,1-2H3,(H,7,8);7H,1-6H2/t4-;/m0./s1. The summed E-state index contributed by atoms with van der Waals surface area (Å²) in [5.74, 6) is -0.910. The van der Waals surface area contributed by atoms with Gasteiger partial charge in [0.25, 0.3) is 0 Å². The highest BCUT2D eigenvalue weighted by Gasteiger charge is 2.14. The number of nitrogens with one attached hydrogen (secondary N) is 1. The lowest BCUT2D eigenvalue weighted by atomic mass is 10.1. The molecule has 6 heteroatoms. The fourth-order valence-corrected chi connectivity index (χ4v) is 0.614. The maximum absolute atomic E-state index is 10.0. The first-order valence-electron chi connectivity index (χ1n) is 5.06. The van der Waals surface area contributed by atoms with Crippen molar-refractivity contribution >= 4 is 5.97 Å². The molecule has 1 atom stereocenters. The summed E-state index contributed by atoms with van der Waals surface area (Å²) in [4.78, 5) is 10.0. The molecule has 15 heavy (non-hydrogen) atoms. The minimum atomic E-state index is -0.931. The third kappa shape index (κ3) is 13.3. The molecule has 0 radical (unpaired) electrons. The van der Waals surface area contributed by atoms with Crippen molar-refractivity contribution in [3.63, 3.8) is 0 Å². The Balaban J connectivity index is 0. The van der Waals surface area contributed by atoms with Crippen molar-refractivity contribution in [2.75, 3.05) is 26.2 Å². The van der Waals surface area contributed by atoms with Crippen molar-refractivity contribution in [2.45, 2.75) is 19.9 Å². The van der Waals surface area contributed by atoms with E-state index in [4.69, 9.17) is 22.3 Å². The lowest BCUT2D eigenvalue weighted by Gasteiger charge is -2.07. The molecule has 92 valence electrons. The molecule has 0 aromatic carbocycles. The van der Waals surface area contributed by atoms with Crippen molar-refractivity contribution in [3.05, 3.63) is 0 Å². The van der Waals surface area contributed by atoms with Crippen molar-refractivity contribution in [3.8, 4) is 0 Å². The molecule has 0 aliphatic rings. The fourth-order valence-electron chi connectivity index (χ4n) is 0.614. The van der Waals surface area contributed by atoms with E-state index in [1.165, 1.54) is 0 Å². The molecule has 6 nitrogen and oxygen atoms in total. The van der Waals surface area contributed by atoms with Crippen LogP contribution in [0.5, 0.6) is 0 Å². The van der Waals surface area contributed by atoms with Crippen LogP contribution < -0.4 is 22.5 Å². The Morgan fingerprint density at radius 3 is 1.80 bits per heavy atom. The molecule has 0 amide bonds. The third-order valence-electron chi connectivity index (χ3n) is 1.65. The van der Waals surface area contributed by atoms with Gasteiger partial charge >= 0.3 is 5.97 Å². The topological polar surface area (TPSA) is 127 Å². The molecule has 0 spiro atoms. The van der Waals surface area contributed by atoms with Gasteiger partial charge in [-0.2, -0.15) is 0 Å². The summed E-state index contributed by atoms with van der Waals surface area (Å²) in [6.07, 6.45) is 0. The lowest BCUT2D eigenvalue weighted by Crippen LogP contribution is -2.34. The molecule has 0 heterocycles. The number of carboxylic acid groups (broad SMARTS) is 1. The smallest absolute Gasteiger partial charge is 0.320 e. The molecule has 0 bridgehead atoms. The van der Waals surface area contributed by atoms with E-state index in [9.17, 15) is 4.79 Å². The van der Waals surface area contributed by atoms with Gasteiger partial charge in [-0.3, -0.25) is 4.79 Å². The Kier molecular flexibility index (Phi) is 12.7. The molecular weight excluding hydrogens is 196 g/mol. The van der Waals surface area contributed by atoms with Gasteiger partial charge in [-0.05, 0) is 5.92 Å².